The van der Waals surface area contributed by atoms with Gasteiger partial charge >= 0.3 is 0 Å². The molecular formula is C15H24ClNO. The van der Waals surface area contributed by atoms with Gasteiger partial charge in [-0.3, -0.25) is 0 Å². The van der Waals surface area contributed by atoms with Crippen molar-refractivity contribution in [2.45, 2.75) is 51.7 Å². The topological polar surface area (TPSA) is 46.2 Å². The molecule has 1 fully saturated rings. The van der Waals surface area contributed by atoms with Crippen LogP contribution in [0.4, 0.5) is 0 Å². The minimum absolute atomic E-state index is 0. The Labute approximate surface area is 116 Å². The Morgan fingerprint density at radius 2 is 1.61 bits per heavy atom. The van der Waals surface area contributed by atoms with E-state index in [1.807, 2.05) is 0 Å². The highest BCUT2D eigenvalue weighted by Crippen LogP contribution is 2.32. The summed E-state index contributed by atoms with van der Waals surface area (Å²) in [5.74, 6) is 0.394. The first kappa shape index (κ1) is 15.5. The zero-order valence-electron chi connectivity index (χ0n) is 11.2. The molecule has 1 aromatic rings. The van der Waals surface area contributed by atoms with Gasteiger partial charge in [0, 0.05) is 0 Å². The van der Waals surface area contributed by atoms with Crippen molar-refractivity contribution in [2.24, 2.45) is 11.7 Å². The van der Waals surface area contributed by atoms with Gasteiger partial charge in [-0.1, -0.05) is 42.2 Å². The summed E-state index contributed by atoms with van der Waals surface area (Å²) >= 11 is 0. The van der Waals surface area contributed by atoms with Crippen molar-refractivity contribution < 1.29 is 5.11 Å². The standard InChI is InChI=1S/C15H23NO.ClH/c1-10-7-11(2)9-13(8-10)14(16)15(17)12-5-3-4-6-12;/h7-9,12,14-15,17H,3-6,16H2,1-2H3;1H/t14-,15+;/m1./s1. The van der Waals surface area contributed by atoms with E-state index in [1.54, 1.807) is 0 Å². The SMILES string of the molecule is Cc1cc(C)cc([C@@H](N)[C@@H](O)C2CCCC2)c1.Cl. The molecule has 0 unspecified atom stereocenters. The molecule has 0 saturated heterocycles. The smallest absolute Gasteiger partial charge is 0.0760 e. The molecule has 0 amide bonds. The molecule has 2 rings (SSSR count). The molecule has 18 heavy (non-hydrogen) atoms. The predicted octanol–water partition coefficient (Wildman–Crippen LogP) is 3.28. The van der Waals surface area contributed by atoms with E-state index in [0.29, 0.717) is 5.92 Å². The summed E-state index contributed by atoms with van der Waals surface area (Å²) in [6, 6.07) is 6.08. The number of rotatable bonds is 3. The lowest BCUT2D eigenvalue weighted by atomic mass is 9.89. The molecule has 1 saturated carbocycles. The van der Waals surface area contributed by atoms with Crippen molar-refractivity contribution in [1.29, 1.82) is 0 Å². The fraction of sp³-hybridized carbons (Fsp3) is 0.600. The maximum atomic E-state index is 10.3. The largest absolute Gasteiger partial charge is 0.391 e. The minimum Gasteiger partial charge on any atom is -0.391 e. The molecule has 0 heterocycles. The third kappa shape index (κ3) is 3.47. The normalized spacial score (nSPS) is 19.3. The molecule has 2 atom stereocenters. The molecule has 1 aliphatic carbocycles. The highest BCUT2D eigenvalue weighted by Gasteiger charge is 2.28. The molecule has 0 aliphatic heterocycles. The van der Waals surface area contributed by atoms with E-state index >= 15 is 0 Å². The predicted molar refractivity (Wildman–Crippen MR) is 78.1 cm³/mol. The van der Waals surface area contributed by atoms with Gasteiger partial charge in [-0.2, -0.15) is 0 Å². The van der Waals surface area contributed by atoms with Crippen LogP contribution >= 0.6 is 12.4 Å². The fourth-order valence-electron chi connectivity index (χ4n) is 2.99. The minimum atomic E-state index is -0.390. The van der Waals surface area contributed by atoms with Crippen LogP contribution in [0.1, 0.15) is 48.4 Å². The number of benzene rings is 1. The van der Waals surface area contributed by atoms with E-state index in [2.05, 4.69) is 32.0 Å². The third-order valence-electron chi connectivity index (χ3n) is 3.88. The molecule has 0 radical (unpaired) electrons. The molecule has 3 heteroatoms. The Hall–Kier alpha value is -0.570. The second kappa shape index (κ2) is 6.55. The number of aliphatic hydroxyl groups excluding tert-OH is 1. The highest BCUT2D eigenvalue weighted by molar-refractivity contribution is 5.85. The van der Waals surface area contributed by atoms with Crippen LogP contribution in [-0.2, 0) is 0 Å². The molecule has 1 aliphatic rings. The van der Waals surface area contributed by atoms with Crippen molar-refractivity contribution in [2.75, 3.05) is 0 Å². The summed E-state index contributed by atoms with van der Waals surface area (Å²) in [7, 11) is 0. The quantitative estimate of drug-likeness (QED) is 0.885. The van der Waals surface area contributed by atoms with Crippen LogP contribution in [0.5, 0.6) is 0 Å². The zero-order chi connectivity index (χ0) is 12.4. The number of halogens is 1. The van der Waals surface area contributed by atoms with E-state index in [-0.39, 0.29) is 18.4 Å². The maximum Gasteiger partial charge on any atom is 0.0760 e. The van der Waals surface area contributed by atoms with Gasteiger partial charge in [-0.25, -0.2) is 0 Å². The molecule has 3 N–H and O–H groups in total. The first-order chi connectivity index (χ1) is 8.08. The van der Waals surface area contributed by atoms with Crippen LogP contribution in [0.2, 0.25) is 0 Å². The molecule has 0 spiro atoms. The van der Waals surface area contributed by atoms with Crippen LogP contribution < -0.4 is 5.73 Å². The van der Waals surface area contributed by atoms with Crippen molar-refractivity contribution >= 4 is 12.4 Å². The first-order valence-electron chi connectivity index (χ1n) is 6.60. The Kier molecular flexibility index (Phi) is 5.64. The average molecular weight is 270 g/mol. The van der Waals surface area contributed by atoms with E-state index < -0.39 is 6.10 Å². The second-order valence-corrected chi connectivity index (χ2v) is 5.48. The highest BCUT2D eigenvalue weighted by atomic mass is 35.5. The Bertz CT molecular complexity index is 368. The zero-order valence-corrected chi connectivity index (χ0v) is 12.0. The lowest BCUT2D eigenvalue weighted by molar-refractivity contribution is 0.0845. The number of hydrogen-bond acceptors (Lipinski definition) is 2. The molecule has 0 aromatic heterocycles. The Morgan fingerprint density at radius 1 is 1.11 bits per heavy atom. The lowest BCUT2D eigenvalue weighted by Crippen LogP contribution is -2.32. The van der Waals surface area contributed by atoms with Gasteiger partial charge in [0.05, 0.1) is 12.1 Å². The second-order valence-electron chi connectivity index (χ2n) is 5.48. The monoisotopic (exact) mass is 269 g/mol. The number of nitrogens with two attached hydrogens (primary N) is 1. The average Bonchev–Trinajstić information content (AvgIpc) is 2.79. The van der Waals surface area contributed by atoms with Gasteiger partial charge in [0.25, 0.3) is 0 Å². The summed E-state index contributed by atoms with van der Waals surface area (Å²) in [6.07, 6.45) is 4.33. The van der Waals surface area contributed by atoms with Crippen molar-refractivity contribution in [3.63, 3.8) is 0 Å². The molecule has 2 nitrogen and oxygen atoms in total. The summed E-state index contributed by atoms with van der Waals surface area (Å²) in [4.78, 5) is 0. The van der Waals surface area contributed by atoms with Gasteiger partial charge in [-0.15, -0.1) is 12.4 Å². The van der Waals surface area contributed by atoms with Crippen molar-refractivity contribution in [1.82, 2.24) is 0 Å². The van der Waals surface area contributed by atoms with Crippen LogP contribution in [0.15, 0.2) is 18.2 Å². The van der Waals surface area contributed by atoms with Crippen LogP contribution in [0, 0.1) is 19.8 Å². The summed E-state index contributed by atoms with van der Waals surface area (Å²) in [6.45, 7) is 4.15. The van der Waals surface area contributed by atoms with Gasteiger partial charge in [0.1, 0.15) is 0 Å². The Balaban J connectivity index is 0.00000162. The van der Waals surface area contributed by atoms with Crippen molar-refractivity contribution in [3.05, 3.63) is 34.9 Å². The molecule has 102 valence electrons. The summed E-state index contributed by atoms with van der Waals surface area (Å²) < 4.78 is 0. The van der Waals surface area contributed by atoms with Gasteiger partial charge < -0.3 is 10.8 Å². The van der Waals surface area contributed by atoms with E-state index in [1.165, 1.54) is 24.0 Å². The number of hydrogen-bond donors (Lipinski definition) is 2. The van der Waals surface area contributed by atoms with Crippen LogP contribution in [0.3, 0.4) is 0 Å². The summed E-state index contributed by atoms with van der Waals surface area (Å²) in [5.41, 5.74) is 9.71. The fourth-order valence-corrected chi connectivity index (χ4v) is 2.99. The van der Waals surface area contributed by atoms with E-state index in [0.717, 1.165) is 18.4 Å². The molecule has 0 bridgehead atoms. The first-order valence-corrected chi connectivity index (χ1v) is 6.60. The summed E-state index contributed by atoms with van der Waals surface area (Å²) in [5, 5.41) is 10.3. The lowest BCUT2D eigenvalue weighted by Gasteiger charge is -2.25. The van der Waals surface area contributed by atoms with Gasteiger partial charge in [0.2, 0.25) is 0 Å². The van der Waals surface area contributed by atoms with Crippen LogP contribution in [0.25, 0.3) is 0 Å². The number of aryl methyl sites for hydroxylation is 2. The molecule has 1 aromatic carbocycles. The van der Waals surface area contributed by atoms with Crippen LogP contribution in [-0.4, -0.2) is 11.2 Å². The van der Waals surface area contributed by atoms with Gasteiger partial charge in [0.15, 0.2) is 0 Å². The van der Waals surface area contributed by atoms with E-state index in [9.17, 15) is 5.11 Å². The Morgan fingerprint density at radius 3 is 2.11 bits per heavy atom. The molecular weight excluding hydrogens is 246 g/mol. The third-order valence-corrected chi connectivity index (χ3v) is 3.88. The van der Waals surface area contributed by atoms with Gasteiger partial charge in [-0.05, 0) is 38.2 Å². The maximum absolute atomic E-state index is 10.3. The number of aliphatic hydroxyl groups is 1. The van der Waals surface area contributed by atoms with E-state index in [4.69, 9.17) is 5.73 Å². The van der Waals surface area contributed by atoms with Crippen molar-refractivity contribution in [3.8, 4) is 0 Å².